The van der Waals surface area contributed by atoms with Crippen molar-refractivity contribution < 1.29 is 23.5 Å². The molecule has 1 amide bonds. The normalized spacial score (nSPS) is 18.7. The summed E-state index contributed by atoms with van der Waals surface area (Å²) in [7, 11) is 1.57. The van der Waals surface area contributed by atoms with Crippen molar-refractivity contribution in [3.05, 3.63) is 46.3 Å². The number of piperidine rings is 1. The zero-order valence-corrected chi connectivity index (χ0v) is 23.5. The number of aryl methyl sites for hydroxylation is 1. The van der Waals surface area contributed by atoms with Gasteiger partial charge in [-0.1, -0.05) is 0 Å². The van der Waals surface area contributed by atoms with Crippen molar-refractivity contribution in [1.29, 1.82) is 0 Å². The van der Waals surface area contributed by atoms with Crippen LogP contribution < -0.4 is 10.6 Å². The van der Waals surface area contributed by atoms with E-state index in [2.05, 4.69) is 9.67 Å². The monoisotopic (exact) mass is 569 g/mol. The summed E-state index contributed by atoms with van der Waals surface area (Å²) in [5.74, 6) is -0.145. The van der Waals surface area contributed by atoms with Crippen LogP contribution in [-0.2, 0) is 29.0 Å². The fourth-order valence-electron chi connectivity index (χ4n) is 6.37. The van der Waals surface area contributed by atoms with Gasteiger partial charge in [0.1, 0.15) is 0 Å². The largest absolute Gasteiger partial charge is 0.480 e. The minimum atomic E-state index is -2.71. The van der Waals surface area contributed by atoms with E-state index in [1.54, 1.807) is 31.0 Å². The first-order valence-corrected chi connectivity index (χ1v) is 14.1. The summed E-state index contributed by atoms with van der Waals surface area (Å²) in [5, 5.41) is 14.3. The second-order valence-electron chi connectivity index (χ2n) is 10.9. The van der Waals surface area contributed by atoms with Gasteiger partial charge in [0, 0.05) is 87.1 Å². The number of aromatic nitrogens is 2. The molecule has 41 heavy (non-hydrogen) atoms. The summed E-state index contributed by atoms with van der Waals surface area (Å²) in [6, 6.07) is 3.45. The standard InChI is InChI=1S/C29H37F2N7O3/c1-18(39)36-11-7-25-24(16-36)29(34-38(25)21-5-9-35(10-6-21)17-27(40)41)37-8-3-4-19-12-22(20(14-32)15-33-2)23(28(30)31)13-26(19)37/h12-15,21,28H,3-11,16-17,32H2,1-2H3,(H,40,41). The van der Waals surface area contributed by atoms with Gasteiger partial charge in [0.25, 0.3) is 6.43 Å². The molecule has 5 rings (SSSR count). The van der Waals surface area contributed by atoms with E-state index in [1.807, 2.05) is 9.80 Å². The van der Waals surface area contributed by atoms with Crippen LogP contribution in [0.4, 0.5) is 20.3 Å². The van der Waals surface area contributed by atoms with Crippen LogP contribution >= 0.6 is 0 Å². The molecule has 4 heterocycles. The Labute approximate surface area is 238 Å². The molecule has 220 valence electrons. The SMILES string of the molecule is CN=CC(=CN)c1cc2c(cc1C(F)F)N(c1nn(C3CCN(CC(=O)O)CC3)c3c1CN(C(C)=O)CC3)CCC2. The van der Waals surface area contributed by atoms with Gasteiger partial charge in [-0.2, -0.15) is 5.10 Å². The van der Waals surface area contributed by atoms with E-state index >= 15 is 0 Å². The summed E-state index contributed by atoms with van der Waals surface area (Å²) >= 11 is 0. The number of anilines is 2. The highest BCUT2D eigenvalue weighted by atomic mass is 19.3. The maximum absolute atomic E-state index is 14.4. The molecule has 3 N–H and O–H groups in total. The van der Waals surface area contributed by atoms with Gasteiger partial charge >= 0.3 is 5.97 Å². The number of nitrogens with zero attached hydrogens (tertiary/aromatic N) is 6. The number of fused-ring (bicyclic) bond motifs is 2. The lowest BCUT2D eigenvalue weighted by atomic mass is 9.92. The van der Waals surface area contributed by atoms with Crippen LogP contribution in [0.2, 0.25) is 0 Å². The molecule has 0 bridgehead atoms. The number of alkyl halides is 2. The van der Waals surface area contributed by atoms with Crippen molar-refractivity contribution in [2.45, 2.75) is 58.0 Å². The fraction of sp³-hybridized carbons (Fsp3) is 0.517. The number of carboxylic acids is 1. The number of halogens is 2. The molecule has 2 aromatic rings. The number of hydrogen-bond acceptors (Lipinski definition) is 7. The second-order valence-corrected chi connectivity index (χ2v) is 10.9. The molecule has 0 radical (unpaired) electrons. The van der Waals surface area contributed by atoms with Gasteiger partial charge in [-0.25, -0.2) is 8.78 Å². The molecule has 0 aliphatic carbocycles. The van der Waals surface area contributed by atoms with E-state index in [-0.39, 0.29) is 24.1 Å². The number of carbonyl (C=O) groups excluding carboxylic acids is 1. The Bertz CT molecular complexity index is 1380. The quantitative estimate of drug-likeness (QED) is 0.490. The second kappa shape index (κ2) is 12.0. The number of hydrogen-bond donors (Lipinski definition) is 2. The molecule has 1 aromatic heterocycles. The highest BCUT2D eigenvalue weighted by Crippen LogP contribution is 2.42. The minimum absolute atomic E-state index is 0.0151. The van der Waals surface area contributed by atoms with Gasteiger partial charge in [0.2, 0.25) is 5.91 Å². The third kappa shape index (κ3) is 5.70. The van der Waals surface area contributed by atoms with E-state index in [1.165, 1.54) is 12.4 Å². The number of benzene rings is 1. The zero-order valence-electron chi connectivity index (χ0n) is 23.5. The fourth-order valence-corrected chi connectivity index (χ4v) is 6.37. The van der Waals surface area contributed by atoms with Gasteiger partial charge in [0.15, 0.2) is 5.82 Å². The molecule has 1 saturated heterocycles. The Kier molecular flexibility index (Phi) is 8.39. The molecule has 0 atom stereocenters. The number of carbonyl (C=O) groups is 2. The van der Waals surface area contributed by atoms with Gasteiger partial charge in [0.05, 0.1) is 19.1 Å². The summed E-state index contributed by atoms with van der Waals surface area (Å²) < 4.78 is 30.9. The van der Waals surface area contributed by atoms with Crippen molar-refractivity contribution in [3.8, 4) is 0 Å². The molecule has 0 spiro atoms. The number of rotatable bonds is 7. The van der Waals surface area contributed by atoms with Crippen LogP contribution in [0.15, 0.2) is 23.3 Å². The number of likely N-dealkylation sites (tertiary alicyclic amines) is 1. The van der Waals surface area contributed by atoms with Gasteiger partial charge in [-0.15, -0.1) is 0 Å². The first-order valence-electron chi connectivity index (χ1n) is 14.1. The topological polar surface area (TPSA) is 120 Å². The lowest BCUT2D eigenvalue weighted by molar-refractivity contribution is -0.138. The Balaban J connectivity index is 1.57. The molecule has 10 nitrogen and oxygen atoms in total. The number of amides is 1. The van der Waals surface area contributed by atoms with E-state index in [0.29, 0.717) is 61.8 Å². The Morgan fingerprint density at radius 3 is 2.59 bits per heavy atom. The molecule has 1 aromatic carbocycles. The molecular weight excluding hydrogens is 532 g/mol. The molecule has 0 saturated carbocycles. The lowest BCUT2D eigenvalue weighted by Crippen LogP contribution is -2.39. The van der Waals surface area contributed by atoms with E-state index in [4.69, 9.17) is 10.8 Å². The molecule has 1 fully saturated rings. The van der Waals surface area contributed by atoms with E-state index < -0.39 is 12.4 Å². The molecule has 3 aliphatic heterocycles. The Morgan fingerprint density at radius 1 is 1.20 bits per heavy atom. The number of aliphatic imine (C=N–C) groups is 1. The predicted octanol–water partition coefficient (Wildman–Crippen LogP) is 3.53. The lowest BCUT2D eigenvalue weighted by Gasteiger charge is -2.33. The predicted molar refractivity (Wildman–Crippen MR) is 153 cm³/mol. The summed E-state index contributed by atoms with van der Waals surface area (Å²) in [6.07, 6.45) is 3.81. The molecule has 3 aliphatic rings. The van der Waals surface area contributed by atoms with Gasteiger partial charge < -0.3 is 20.6 Å². The van der Waals surface area contributed by atoms with Crippen LogP contribution in [0.3, 0.4) is 0 Å². The van der Waals surface area contributed by atoms with Gasteiger partial charge in [-0.3, -0.25) is 24.2 Å². The average Bonchev–Trinajstić information content (AvgIpc) is 3.33. The van der Waals surface area contributed by atoms with Crippen molar-refractivity contribution >= 4 is 35.2 Å². The summed E-state index contributed by atoms with van der Waals surface area (Å²) in [6.45, 7) is 4.52. The highest BCUT2D eigenvalue weighted by Gasteiger charge is 2.34. The highest BCUT2D eigenvalue weighted by molar-refractivity contribution is 6.10. The first-order chi connectivity index (χ1) is 19.7. The molecular formula is C29H37F2N7O3. The Morgan fingerprint density at radius 2 is 1.95 bits per heavy atom. The number of carboxylic acid groups (broad SMARTS) is 1. The average molecular weight is 570 g/mol. The van der Waals surface area contributed by atoms with Gasteiger partial charge in [-0.05, 0) is 48.9 Å². The van der Waals surface area contributed by atoms with Crippen LogP contribution in [0.5, 0.6) is 0 Å². The van der Waals surface area contributed by atoms with Crippen LogP contribution in [0.25, 0.3) is 5.57 Å². The number of allylic oxidation sites excluding steroid dienone is 1. The van der Waals surface area contributed by atoms with E-state index in [9.17, 15) is 23.5 Å². The third-order valence-electron chi connectivity index (χ3n) is 8.39. The van der Waals surface area contributed by atoms with Crippen molar-refractivity contribution in [2.24, 2.45) is 10.7 Å². The zero-order chi connectivity index (χ0) is 29.3. The van der Waals surface area contributed by atoms with Crippen LogP contribution in [0.1, 0.15) is 66.6 Å². The smallest absolute Gasteiger partial charge is 0.317 e. The van der Waals surface area contributed by atoms with Crippen LogP contribution in [-0.4, -0.2) is 82.5 Å². The van der Waals surface area contributed by atoms with Crippen molar-refractivity contribution in [3.63, 3.8) is 0 Å². The number of nitrogens with two attached hydrogens (primary N) is 1. The molecule has 0 unspecified atom stereocenters. The van der Waals surface area contributed by atoms with Crippen molar-refractivity contribution in [1.82, 2.24) is 19.6 Å². The minimum Gasteiger partial charge on any atom is -0.480 e. The first kappa shape index (κ1) is 28.7. The van der Waals surface area contributed by atoms with E-state index in [0.717, 1.165) is 42.5 Å². The van der Waals surface area contributed by atoms with Crippen molar-refractivity contribution in [2.75, 3.05) is 44.7 Å². The third-order valence-corrected chi connectivity index (χ3v) is 8.39. The summed E-state index contributed by atoms with van der Waals surface area (Å²) in [5.41, 5.74) is 10.1. The Hall–Kier alpha value is -3.80. The maximum Gasteiger partial charge on any atom is 0.317 e. The number of aliphatic carboxylic acids is 1. The molecule has 12 heteroatoms. The maximum atomic E-state index is 14.4. The van der Waals surface area contributed by atoms with Crippen LogP contribution in [0, 0.1) is 0 Å². The summed E-state index contributed by atoms with van der Waals surface area (Å²) in [4.78, 5) is 33.3.